The van der Waals surface area contributed by atoms with Gasteiger partial charge in [0.15, 0.2) is 5.13 Å². The fraction of sp³-hybridized carbons (Fsp3) is 0.765. The Balaban J connectivity index is 1.46. The number of likely N-dealkylation sites (tertiary alicyclic amines) is 1. The molecule has 0 spiro atoms. The number of aromatic nitrogens is 1. The van der Waals surface area contributed by atoms with E-state index in [0.29, 0.717) is 0 Å². The number of hydrogen-bond donors (Lipinski definition) is 0. The monoisotopic (exact) mass is 352 g/mol. The summed E-state index contributed by atoms with van der Waals surface area (Å²) in [4.78, 5) is 14.5. The Morgan fingerprint density at radius 3 is 2.78 bits per heavy atom. The van der Waals surface area contributed by atoms with Crippen molar-refractivity contribution in [3.63, 3.8) is 0 Å². The SMILES string of the molecule is ClC1CC=c2nc(N3CCCC(N4CCCCC4)CC3)sc2=N1. The van der Waals surface area contributed by atoms with Crippen LogP contribution in [0.1, 0.15) is 44.9 Å². The van der Waals surface area contributed by atoms with Crippen molar-refractivity contribution in [2.24, 2.45) is 4.99 Å². The molecule has 0 saturated carbocycles. The van der Waals surface area contributed by atoms with Crippen LogP contribution in [0.4, 0.5) is 5.13 Å². The molecule has 1 aromatic heterocycles. The molecule has 2 saturated heterocycles. The minimum Gasteiger partial charge on any atom is -0.348 e. The fourth-order valence-electron chi connectivity index (χ4n) is 3.98. The van der Waals surface area contributed by atoms with Crippen LogP contribution in [0.5, 0.6) is 0 Å². The summed E-state index contributed by atoms with van der Waals surface area (Å²) in [7, 11) is 0. The Morgan fingerprint density at radius 2 is 1.91 bits per heavy atom. The van der Waals surface area contributed by atoms with E-state index in [-0.39, 0.29) is 5.50 Å². The van der Waals surface area contributed by atoms with E-state index in [0.717, 1.165) is 40.7 Å². The van der Waals surface area contributed by atoms with Gasteiger partial charge in [-0.05, 0) is 45.2 Å². The number of anilines is 1. The van der Waals surface area contributed by atoms with Gasteiger partial charge in [-0.25, -0.2) is 4.98 Å². The van der Waals surface area contributed by atoms with Crippen molar-refractivity contribution in [2.75, 3.05) is 31.1 Å². The molecule has 126 valence electrons. The summed E-state index contributed by atoms with van der Waals surface area (Å²) in [5, 5.41) is 2.18. The highest BCUT2D eigenvalue weighted by atomic mass is 35.5. The molecule has 2 unspecified atom stereocenters. The smallest absolute Gasteiger partial charge is 0.187 e. The van der Waals surface area contributed by atoms with E-state index < -0.39 is 0 Å². The molecule has 0 amide bonds. The molecule has 0 N–H and O–H groups in total. The molecule has 6 heteroatoms. The number of piperidine rings is 1. The van der Waals surface area contributed by atoms with Gasteiger partial charge in [0.2, 0.25) is 0 Å². The zero-order valence-electron chi connectivity index (χ0n) is 13.6. The van der Waals surface area contributed by atoms with Crippen molar-refractivity contribution in [2.45, 2.75) is 56.5 Å². The largest absolute Gasteiger partial charge is 0.348 e. The maximum Gasteiger partial charge on any atom is 0.187 e. The lowest BCUT2D eigenvalue weighted by Gasteiger charge is -2.34. The molecule has 2 atom stereocenters. The van der Waals surface area contributed by atoms with Gasteiger partial charge in [-0.15, -0.1) is 0 Å². The molecule has 0 radical (unpaired) electrons. The van der Waals surface area contributed by atoms with E-state index >= 15 is 0 Å². The lowest BCUT2D eigenvalue weighted by molar-refractivity contribution is 0.152. The number of fused-ring (bicyclic) bond motifs is 1. The topological polar surface area (TPSA) is 31.7 Å². The normalized spacial score (nSPS) is 29.3. The predicted octanol–water partition coefficient (Wildman–Crippen LogP) is 2.36. The minimum absolute atomic E-state index is 0.108. The van der Waals surface area contributed by atoms with Gasteiger partial charge in [-0.3, -0.25) is 4.99 Å². The molecule has 2 fully saturated rings. The molecule has 23 heavy (non-hydrogen) atoms. The molecule has 3 aliphatic rings. The summed E-state index contributed by atoms with van der Waals surface area (Å²) >= 11 is 7.84. The second-order valence-electron chi connectivity index (χ2n) is 6.86. The van der Waals surface area contributed by atoms with Crippen molar-refractivity contribution < 1.29 is 0 Å². The van der Waals surface area contributed by atoms with E-state index in [1.54, 1.807) is 11.3 Å². The van der Waals surface area contributed by atoms with Crippen LogP contribution in [-0.2, 0) is 0 Å². The van der Waals surface area contributed by atoms with Gasteiger partial charge in [0, 0.05) is 25.6 Å². The van der Waals surface area contributed by atoms with E-state index in [4.69, 9.17) is 16.6 Å². The van der Waals surface area contributed by atoms with Gasteiger partial charge in [0.25, 0.3) is 0 Å². The van der Waals surface area contributed by atoms with E-state index in [9.17, 15) is 0 Å². The molecule has 4 heterocycles. The first kappa shape index (κ1) is 15.9. The van der Waals surface area contributed by atoms with Gasteiger partial charge in [0.05, 0.1) is 5.35 Å². The van der Waals surface area contributed by atoms with Crippen molar-refractivity contribution >= 4 is 34.1 Å². The molecule has 4 nitrogen and oxygen atoms in total. The third kappa shape index (κ3) is 3.57. The molecule has 4 rings (SSSR count). The maximum absolute atomic E-state index is 6.13. The van der Waals surface area contributed by atoms with Crippen LogP contribution in [0.15, 0.2) is 4.99 Å². The number of halogens is 1. The fourth-order valence-corrected chi connectivity index (χ4v) is 5.27. The lowest BCUT2D eigenvalue weighted by atomic mass is 10.0. The van der Waals surface area contributed by atoms with Gasteiger partial charge in [-0.2, -0.15) is 0 Å². The Bertz CT molecular complexity index is 652. The van der Waals surface area contributed by atoms with Crippen LogP contribution >= 0.6 is 22.9 Å². The Hall–Kier alpha value is -0.650. The van der Waals surface area contributed by atoms with Crippen molar-refractivity contribution in [3.05, 3.63) is 10.0 Å². The highest BCUT2D eigenvalue weighted by Crippen LogP contribution is 2.24. The van der Waals surface area contributed by atoms with E-state index in [1.165, 1.54) is 51.6 Å². The Morgan fingerprint density at radius 1 is 1.04 bits per heavy atom. The number of rotatable bonds is 2. The minimum atomic E-state index is -0.108. The van der Waals surface area contributed by atoms with Crippen LogP contribution in [0, 0.1) is 0 Å². The van der Waals surface area contributed by atoms with Crippen molar-refractivity contribution in [1.82, 2.24) is 9.88 Å². The highest BCUT2D eigenvalue weighted by molar-refractivity contribution is 7.13. The zero-order valence-corrected chi connectivity index (χ0v) is 15.2. The summed E-state index contributed by atoms with van der Waals surface area (Å²) in [5.74, 6) is 0. The Kier molecular flexibility index (Phi) is 4.88. The standard InChI is InChI=1S/C17H25ClN4S/c18-15-7-6-14-16(20-15)23-17(19-14)22-11-4-5-13(8-12-22)21-9-2-1-3-10-21/h6,13,15H,1-5,7-12H2. The highest BCUT2D eigenvalue weighted by Gasteiger charge is 2.25. The quantitative estimate of drug-likeness (QED) is 0.605. The van der Waals surface area contributed by atoms with Gasteiger partial charge in [0.1, 0.15) is 10.2 Å². The van der Waals surface area contributed by atoms with Crippen LogP contribution in [-0.4, -0.2) is 47.6 Å². The maximum atomic E-state index is 6.13. The molecular formula is C17H25ClN4S. The first-order chi connectivity index (χ1) is 11.3. The Labute approximate surface area is 146 Å². The zero-order chi connectivity index (χ0) is 15.6. The first-order valence-electron chi connectivity index (χ1n) is 8.97. The van der Waals surface area contributed by atoms with Crippen LogP contribution in [0.2, 0.25) is 0 Å². The van der Waals surface area contributed by atoms with Crippen molar-refractivity contribution in [3.8, 4) is 0 Å². The van der Waals surface area contributed by atoms with Crippen molar-refractivity contribution in [1.29, 1.82) is 0 Å². The second kappa shape index (κ2) is 7.08. The summed E-state index contributed by atoms with van der Waals surface area (Å²) in [5.41, 5.74) is -0.108. The average Bonchev–Trinajstić information content (AvgIpc) is 2.83. The van der Waals surface area contributed by atoms with E-state index in [1.807, 2.05) is 0 Å². The number of nitrogens with zero attached hydrogens (tertiary/aromatic N) is 4. The molecular weight excluding hydrogens is 328 g/mol. The summed E-state index contributed by atoms with van der Waals surface area (Å²) in [6.45, 7) is 4.86. The number of thiazole rings is 1. The first-order valence-corrected chi connectivity index (χ1v) is 10.2. The van der Waals surface area contributed by atoms with Gasteiger partial charge >= 0.3 is 0 Å². The predicted molar refractivity (Wildman–Crippen MR) is 96.9 cm³/mol. The summed E-state index contributed by atoms with van der Waals surface area (Å²) in [6, 6.07) is 0.776. The molecule has 3 aliphatic heterocycles. The van der Waals surface area contributed by atoms with Crippen LogP contribution < -0.4 is 14.9 Å². The summed E-state index contributed by atoms with van der Waals surface area (Å²) in [6.07, 6.45) is 11.0. The number of hydrogen-bond acceptors (Lipinski definition) is 5. The van der Waals surface area contributed by atoms with Gasteiger partial charge in [-0.1, -0.05) is 35.4 Å². The number of alkyl halides is 1. The van der Waals surface area contributed by atoms with E-state index in [2.05, 4.69) is 20.9 Å². The van der Waals surface area contributed by atoms with Crippen LogP contribution in [0.25, 0.3) is 6.08 Å². The lowest BCUT2D eigenvalue weighted by Crippen LogP contribution is -2.39. The third-order valence-electron chi connectivity index (χ3n) is 5.26. The molecule has 0 bridgehead atoms. The molecule has 1 aromatic rings. The average molecular weight is 353 g/mol. The summed E-state index contributed by atoms with van der Waals surface area (Å²) < 4.78 is 1.02. The molecule has 0 aliphatic carbocycles. The van der Waals surface area contributed by atoms with Gasteiger partial charge < -0.3 is 9.80 Å². The second-order valence-corrected chi connectivity index (χ2v) is 8.32. The van der Waals surface area contributed by atoms with Crippen LogP contribution in [0.3, 0.4) is 0 Å². The molecule has 0 aromatic carbocycles. The third-order valence-corrected chi connectivity index (χ3v) is 6.58.